The summed E-state index contributed by atoms with van der Waals surface area (Å²) in [4.78, 5) is 47.8. The molecule has 3 aliphatic rings. The highest BCUT2D eigenvalue weighted by atomic mass is 16.5. The van der Waals surface area contributed by atoms with Gasteiger partial charge in [0, 0.05) is 26.7 Å². The second-order valence-corrected chi connectivity index (χ2v) is 11.8. The highest BCUT2D eigenvalue weighted by Gasteiger charge is 2.78. The van der Waals surface area contributed by atoms with E-state index in [4.69, 9.17) is 4.74 Å². The molecule has 3 fully saturated rings. The van der Waals surface area contributed by atoms with Gasteiger partial charge in [-0.2, -0.15) is 0 Å². The maximum absolute atomic E-state index is 14.5. The first-order chi connectivity index (χ1) is 19.2. The first kappa shape index (κ1) is 30.0. The average molecular weight is 552 g/mol. The van der Waals surface area contributed by atoms with Gasteiger partial charge in [-0.3, -0.25) is 14.4 Å². The van der Waals surface area contributed by atoms with Crippen molar-refractivity contribution in [3.05, 3.63) is 61.2 Å². The number of benzene rings is 1. The van der Waals surface area contributed by atoms with Crippen molar-refractivity contribution in [1.29, 1.82) is 0 Å². The lowest BCUT2D eigenvalue weighted by molar-refractivity contribution is -0.156. The van der Waals surface area contributed by atoms with E-state index in [0.29, 0.717) is 38.9 Å². The van der Waals surface area contributed by atoms with Crippen molar-refractivity contribution < 1.29 is 24.2 Å². The largest absolute Gasteiger partial charge is 0.394 e. The topological polar surface area (TPSA) is 90.4 Å². The van der Waals surface area contributed by atoms with E-state index >= 15 is 0 Å². The summed E-state index contributed by atoms with van der Waals surface area (Å²) in [6.07, 6.45) is 7.67. The number of carbonyl (C=O) groups is 3. The van der Waals surface area contributed by atoms with Crippen LogP contribution in [0.5, 0.6) is 0 Å². The molecule has 2 unspecified atom stereocenters. The minimum atomic E-state index is -1.13. The zero-order valence-electron chi connectivity index (χ0n) is 24.3. The lowest BCUT2D eigenvalue weighted by Crippen LogP contribution is -2.59. The highest BCUT2D eigenvalue weighted by Crippen LogP contribution is 2.63. The van der Waals surface area contributed by atoms with Crippen LogP contribution in [-0.4, -0.2) is 94.1 Å². The summed E-state index contributed by atoms with van der Waals surface area (Å²) in [6.45, 7) is 12.6. The van der Waals surface area contributed by atoms with Crippen molar-refractivity contribution in [2.24, 2.45) is 11.8 Å². The van der Waals surface area contributed by atoms with E-state index in [1.807, 2.05) is 37.3 Å². The fourth-order valence-electron chi connectivity index (χ4n) is 7.24. The third-order valence-corrected chi connectivity index (χ3v) is 9.10. The smallest absolute Gasteiger partial charge is 0.248 e. The number of likely N-dealkylation sites (N-methyl/N-ethyl adjacent to an activating group) is 1. The van der Waals surface area contributed by atoms with Crippen LogP contribution in [-0.2, 0) is 25.5 Å². The molecule has 8 nitrogen and oxygen atoms in total. The van der Waals surface area contributed by atoms with E-state index in [0.717, 1.165) is 24.8 Å². The lowest BCUT2D eigenvalue weighted by atomic mass is 9.66. The zero-order chi connectivity index (χ0) is 29.1. The molecular weight excluding hydrogens is 506 g/mol. The van der Waals surface area contributed by atoms with Crippen LogP contribution in [0.25, 0.3) is 0 Å². The molecule has 3 aliphatic heterocycles. The average Bonchev–Trinajstić information content (AvgIpc) is 3.52. The number of likely N-dealkylation sites (tertiary alicyclic amines) is 1. The Balaban J connectivity index is 1.79. The lowest BCUT2D eigenvalue weighted by Gasteiger charge is -2.39. The van der Waals surface area contributed by atoms with E-state index in [1.54, 1.807) is 33.9 Å². The van der Waals surface area contributed by atoms with Crippen molar-refractivity contribution in [3.8, 4) is 0 Å². The van der Waals surface area contributed by atoms with Crippen molar-refractivity contribution in [1.82, 2.24) is 14.7 Å². The van der Waals surface area contributed by atoms with Crippen molar-refractivity contribution in [3.63, 3.8) is 0 Å². The quantitative estimate of drug-likeness (QED) is 0.283. The highest BCUT2D eigenvalue weighted by molar-refractivity contribution is 5.99. The maximum atomic E-state index is 14.5. The van der Waals surface area contributed by atoms with E-state index in [2.05, 4.69) is 20.1 Å². The number of rotatable bonds is 14. The molecule has 218 valence electrons. The van der Waals surface area contributed by atoms with Crippen LogP contribution < -0.4 is 0 Å². The fraction of sp³-hybridized carbons (Fsp3) is 0.594. The molecule has 6 atom stereocenters. The number of nitrogens with zero attached hydrogens (tertiary/aromatic N) is 3. The van der Waals surface area contributed by atoms with Gasteiger partial charge in [-0.1, -0.05) is 62.2 Å². The van der Waals surface area contributed by atoms with Gasteiger partial charge >= 0.3 is 0 Å². The Kier molecular flexibility index (Phi) is 9.20. The second-order valence-electron chi connectivity index (χ2n) is 11.8. The number of fused-ring (bicyclic) bond motifs is 1. The summed E-state index contributed by atoms with van der Waals surface area (Å²) in [5, 5.41) is 10.6. The molecule has 3 saturated heterocycles. The van der Waals surface area contributed by atoms with Crippen molar-refractivity contribution in [2.45, 2.75) is 75.7 Å². The Morgan fingerprint density at radius 3 is 2.48 bits per heavy atom. The van der Waals surface area contributed by atoms with Crippen LogP contribution in [0, 0.1) is 11.8 Å². The van der Waals surface area contributed by atoms with Crippen LogP contribution >= 0.6 is 0 Å². The minimum absolute atomic E-state index is 0.176. The van der Waals surface area contributed by atoms with Crippen molar-refractivity contribution >= 4 is 17.7 Å². The molecule has 2 bridgehead atoms. The van der Waals surface area contributed by atoms with Gasteiger partial charge in [-0.05, 0) is 38.2 Å². The Morgan fingerprint density at radius 1 is 1.15 bits per heavy atom. The molecule has 1 N–H and O–H groups in total. The van der Waals surface area contributed by atoms with E-state index < -0.39 is 35.1 Å². The first-order valence-electron chi connectivity index (χ1n) is 14.6. The molecule has 0 aliphatic carbocycles. The van der Waals surface area contributed by atoms with Crippen molar-refractivity contribution in [2.75, 3.05) is 33.3 Å². The monoisotopic (exact) mass is 551 g/mol. The molecule has 4 rings (SSSR count). The maximum Gasteiger partial charge on any atom is 0.248 e. The van der Waals surface area contributed by atoms with Crippen LogP contribution in [0.4, 0.5) is 0 Å². The van der Waals surface area contributed by atoms with Gasteiger partial charge in [-0.15, -0.1) is 13.2 Å². The molecular formula is C32H45N3O5. The van der Waals surface area contributed by atoms with Gasteiger partial charge in [-0.25, -0.2) is 0 Å². The Morgan fingerprint density at radius 2 is 1.85 bits per heavy atom. The van der Waals surface area contributed by atoms with Crippen LogP contribution in [0.15, 0.2) is 55.6 Å². The summed E-state index contributed by atoms with van der Waals surface area (Å²) >= 11 is 0. The number of unbranched alkanes of at least 4 members (excludes halogenated alkanes) is 2. The van der Waals surface area contributed by atoms with E-state index in [-0.39, 0.29) is 24.3 Å². The fourth-order valence-corrected chi connectivity index (χ4v) is 7.24. The molecule has 3 heterocycles. The van der Waals surface area contributed by atoms with Gasteiger partial charge in [0.2, 0.25) is 17.7 Å². The van der Waals surface area contributed by atoms with Gasteiger partial charge in [0.05, 0.1) is 30.1 Å². The SMILES string of the molecule is C=CCN(C)C(=O)[C@@H]1[C@H]2C(=O)N([C@@H](CO)Cc3ccccc3)C(C(=O)N(CC=C)CCCCC)C23CC[C@@]1(C)O3. The number of amides is 3. The summed E-state index contributed by atoms with van der Waals surface area (Å²) in [6, 6.07) is 8.09. The van der Waals surface area contributed by atoms with Gasteiger partial charge < -0.3 is 24.5 Å². The molecule has 0 saturated carbocycles. The number of carbonyl (C=O) groups excluding carboxylic acids is 3. The number of hydrogen-bond acceptors (Lipinski definition) is 5. The standard InChI is InChI=1S/C32H45N3O5/c1-6-9-13-20-34(19-8-3)30(39)27-32-17-16-31(4,40-32)25(28(37)33(5)18-7-2)26(32)29(38)35(27)24(22-36)21-23-14-11-10-12-15-23/h7-8,10-12,14-15,24-27,36H,2-3,6,9,13,16-22H2,1,4-5H3/t24-,25+,26+,27?,31-,32?/m1/s1. The third-order valence-electron chi connectivity index (χ3n) is 9.10. The van der Waals surface area contributed by atoms with Crippen LogP contribution in [0.1, 0.15) is 51.5 Å². The molecule has 1 aromatic carbocycles. The van der Waals surface area contributed by atoms with Gasteiger partial charge in [0.25, 0.3) is 0 Å². The van der Waals surface area contributed by atoms with Gasteiger partial charge in [0.1, 0.15) is 11.6 Å². The van der Waals surface area contributed by atoms with Gasteiger partial charge in [0.15, 0.2) is 0 Å². The molecule has 0 aromatic heterocycles. The number of hydrogen-bond donors (Lipinski definition) is 1. The Labute approximate surface area is 238 Å². The predicted octanol–water partition coefficient (Wildman–Crippen LogP) is 3.20. The first-order valence-corrected chi connectivity index (χ1v) is 14.6. The Hall–Kier alpha value is -2.97. The minimum Gasteiger partial charge on any atom is -0.394 e. The zero-order valence-corrected chi connectivity index (χ0v) is 24.3. The number of ether oxygens (including phenoxy) is 1. The van der Waals surface area contributed by atoms with E-state index in [9.17, 15) is 19.5 Å². The predicted molar refractivity (Wildman–Crippen MR) is 154 cm³/mol. The molecule has 40 heavy (non-hydrogen) atoms. The van der Waals surface area contributed by atoms with Crippen LogP contribution in [0.3, 0.4) is 0 Å². The molecule has 1 aromatic rings. The summed E-state index contributed by atoms with van der Waals surface area (Å²) in [7, 11) is 1.71. The number of aliphatic hydroxyl groups is 1. The summed E-state index contributed by atoms with van der Waals surface area (Å²) < 4.78 is 6.78. The number of aliphatic hydroxyl groups excluding tert-OH is 1. The van der Waals surface area contributed by atoms with E-state index in [1.165, 1.54) is 0 Å². The molecule has 3 amide bonds. The second kappa shape index (κ2) is 12.3. The van der Waals surface area contributed by atoms with Crippen LogP contribution in [0.2, 0.25) is 0 Å². The molecule has 1 spiro atoms. The molecule has 8 heteroatoms. The summed E-state index contributed by atoms with van der Waals surface area (Å²) in [5.74, 6) is -2.18. The third kappa shape index (κ3) is 5.12. The Bertz CT molecular complexity index is 1110. The normalized spacial score (nSPS) is 29.2. The summed E-state index contributed by atoms with van der Waals surface area (Å²) in [5.41, 5.74) is -1.03. The molecule has 0 radical (unpaired) electrons.